The first-order chi connectivity index (χ1) is 7.75. The van der Waals surface area contributed by atoms with Gasteiger partial charge in [-0.25, -0.2) is 9.97 Å². The molecule has 0 aliphatic heterocycles. The average Bonchev–Trinajstić information content (AvgIpc) is 2.30. The van der Waals surface area contributed by atoms with E-state index in [0.29, 0.717) is 0 Å². The van der Waals surface area contributed by atoms with Crippen molar-refractivity contribution in [2.24, 2.45) is 0 Å². The summed E-state index contributed by atoms with van der Waals surface area (Å²) in [6, 6.07) is 0. The van der Waals surface area contributed by atoms with Crippen LogP contribution in [0.3, 0.4) is 0 Å². The Hall–Kier alpha value is -2.08. The van der Waals surface area contributed by atoms with Crippen LogP contribution < -0.4 is 5.32 Å². The Kier molecular flexibility index (Phi) is 3.02. The molecule has 0 aromatic carbocycles. The van der Waals surface area contributed by atoms with E-state index in [9.17, 15) is 4.79 Å². The number of halogens is 1. The maximum absolute atomic E-state index is 11.6. The number of nitrogens with zero attached hydrogens (tertiary/aromatic N) is 4. The Bertz CT molecular complexity index is 504. The lowest BCUT2D eigenvalue weighted by atomic mass is 10.4. The third-order valence-corrected chi connectivity index (χ3v) is 1.82. The maximum atomic E-state index is 11.6. The summed E-state index contributed by atoms with van der Waals surface area (Å²) in [5, 5.41) is 2.71. The highest BCUT2D eigenvalue weighted by molar-refractivity contribution is 6.29. The zero-order valence-corrected chi connectivity index (χ0v) is 8.72. The molecule has 2 aromatic rings. The van der Waals surface area contributed by atoms with E-state index in [1.54, 1.807) is 0 Å². The SMILES string of the molecule is O=C(Nc1cncc(Cl)n1)c1cnccn1. The van der Waals surface area contributed by atoms with Crippen LogP contribution in [0.5, 0.6) is 0 Å². The highest BCUT2D eigenvalue weighted by Gasteiger charge is 2.08. The number of nitrogens with one attached hydrogen (secondary N) is 1. The number of rotatable bonds is 2. The predicted molar refractivity (Wildman–Crippen MR) is 57.0 cm³/mol. The zero-order chi connectivity index (χ0) is 11.4. The van der Waals surface area contributed by atoms with Crippen LogP contribution in [0.1, 0.15) is 10.5 Å². The topological polar surface area (TPSA) is 80.7 Å². The fourth-order valence-corrected chi connectivity index (χ4v) is 1.15. The highest BCUT2D eigenvalue weighted by Crippen LogP contribution is 2.07. The fourth-order valence-electron chi connectivity index (χ4n) is 0.999. The summed E-state index contributed by atoms with van der Waals surface area (Å²) in [6.07, 6.45) is 7.03. The molecule has 0 fully saturated rings. The van der Waals surface area contributed by atoms with Crippen LogP contribution in [0, 0.1) is 0 Å². The molecule has 6 nitrogen and oxygen atoms in total. The molecule has 0 atom stereocenters. The second-order valence-electron chi connectivity index (χ2n) is 2.77. The van der Waals surface area contributed by atoms with Gasteiger partial charge in [0.1, 0.15) is 10.8 Å². The van der Waals surface area contributed by atoms with E-state index < -0.39 is 5.91 Å². The smallest absolute Gasteiger partial charge is 0.277 e. The molecular formula is C9H6ClN5O. The first-order valence-corrected chi connectivity index (χ1v) is 4.68. The quantitative estimate of drug-likeness (QED) is 0.845. The van der Waals surface area contributed by atoms with Crippen LogP contribution in [-0.2, 0) is 0 Å². The molecule has 0 saturated carbocycles. The van der Waals surface area contributed by atoms with Gasteiger partial charge in [-0.15, -0.1) is 0 Å². The van der Waals surface area contributed by atoms with Gasteiger partial charge in [0, 0.05) is 12.4 Å². The van der Waals surface area contributed by atoms with Crippen LogP contribution in [0.4, 0.5) is 5.82 Å². The number of aromatic nitrogens is 4. The maximum Gasteiger partial charge on any atom is 0.277 e. The largest absolute Gasteiger partial charge is 0.304 e. The van der Waals surface area contributed by atoms with Gasteiger partial charge in [0.15, 0.2) is 5.82 Å². The molecule has 2 heterocycles. The molecule has 0 unspecified atom stereocenters. The molecule has 0 saturated heterocycles. The van der Waals surface area contributed by atoms with Crippen LogP contribution in [0.2, 0.25) is 5.15 Å². The second-order valence-corrected chi connectivity index (χ2v) is 3.16. The number of carbonyl (C=O) groups excluding carboxylic acids is 1. The zero-order valence-electron chi connectivity index (χ0n) is 7.96. The van der Waals surface area contributed by atoms with Crippen molar-refractivity contribution < 1.29 is 4.79 Å². The molecule has 1 amide bonds. The van der Waals surface area contributed by atoms with E-state index in [2.05, 4.69) is 25.3 Å². The van der Waals surface area contributed by atoms with Gasteiger partial charge in [-0.05, 0) is 0 Å². The normalized spacial score (nSPS) is 9.81. The fraction of sp³-hybridized carbons (Fsp3) is 0. The minimum Gasteiger partial charge on any atom is -0.304 e. The summed E-state index contributed by atoms with van der Waals surface area (Å²) in [5.41, 5.74) is 0.198. The minimum absolute atomic E-state index is 0.198. The molecule has 7 heteroatoms. The number of hydrogen-bond donors (Lipinski definition) is 1. The third kappa shape index (κ3) is 2.48. The van der Waals surface area contributed by atoms with Crippen molar-refractivity contribution in [1.82, 2.24) is 19.9 Å². The van der Waals surface area contributed by atoms with Crippen molar-refractivity contribution in [2.75, 3.05) is 5.32 Å². The Balaban J connectivity index is 2.14. The van der Waals surface area contributed by atoms with Crippen LogP contribution in [0.25, 0.3) is 0 Å². The van der Waals surface area contributed by atoms with Gasteiger partial charge in [0.05, 0.1) is 18.6 Å². The molecule has 16 heavy (non-hydrogen) atoms. The van der Waals surface area contributed by atoms with Gasteiger partial charge in [0.25, 0.3) is 5.91 Å². The average molecular weight is 236 g/mol. The first kappa shape index (κ1) is 10.4. The van der Waals surface area contributed by atoms with Gasteiger partial charge in [-0.2, -0.15) is 0 Å². The minimum atomic E-state index is -0.412. The molecule has 2 aromatic heterocycles. The van der Waals surface area contributed by atoms with Crippen LogP contribution >= 0.6 is 11.6 Å². The van der Waals surface area contributed by atoms with Crippen molar-refractivity contribution in [1.29, 1.82) is 0 Å². The second kappa shape index (κ2) is 4.63. The van der Waals surface area contributed by atoms with Crippen molar-refractivity contribution >= 4 is 23.3 Å². The molecule has 80 valence electrons. The molecular weight excluding hydrogens is 230 g/mol. The summed E-state index contributed by atoms with van der Waals surface area (Å²) in [6.45, 7) is 0. The number of hydrogen-bond acceptors (Lipinski definition) is 5. The Morgan fingerprint density at radius 3 is 2.75 bits per heavy atom. The van der Waals surface area contributed by atoms with Gasteiger partial charge >= 0.3 is 0 Å². The van der Waals surface area contributed by atoms with E-state index in [4.69, 9.17) is 11.6 Å². The standard InChI is InChI=1S/C9H6ClN5O/c10-7-4-12-5-8(14-7)15-9(16)6-3-11-1-2-13-6/h1-5H,(H,14,15,16). The Labute approximate surface area is 95.7 Å². The van der Waals surface area contributed by atoms with Crippen molar-refractivity contribution in [2.45, 2.75) is 0 Å². The molecule has 0 spiro atoms. The van der Waals surface area contributed by atoms with E-state index in [-0.39, 0.29) is 16.7 Å². The van der Waals surface area contributed by atoms with E-state index >= 15 is 0 Å². The predicted octanol–water partition coefficient (Wildman–Crippen LogP) is 1.17. The van der Waals surface area contributed by atoms with Gasteiger partial charge in [0.2, 0.25) is 0 Å². The number of carbonyl (C=O) groups is 1. The van der Waals surface area contributed by atoms with Gasteiger partial charge < -0.3 is 5.32 Å². The third-order valence-electron chi connectivity index (χ3n) is 1.64. The molecule has 1 N–H and O–H groups in total. The van der Waals surface area contributed by atoms with Crippen LogP contribution in [-0.4, -0.2) is 25.8 Å². The Morgan fingerprint density at radius 1 is 1.19 bits per heavy atom. The first-order valence-electron chi connectivity index (χ1n) is 4.30. The van der Waals surface area contributed by atoms with E-state index in [1.165, 1.54) is 31.0 Å². The molecule has 0 bridgehead atoms. The van der Waals surface area contributed by atoms with Crippen molar-refractivity contribution in [3.05, 3.63) is 41.8 Å². The molecule has 0 aliphatic carbocycles. The summed E-state index contributed by atoms with van der Waals surface area (Å²) < 4.78 is 0. The molecule has 0 aliphatic rings. The van der Waals surface area contributed by atoms with E-state index in [1.807, 2.05) is 0 Å². The highest BCUT2D eigenvalue weighted by atomic mass is 35.5. The van der Waals surface area contributed by atoms with Crippen LogP contribution in [0.15, 0.2) is 31.0 Å². The number of anilines is 1. The van der Waals surface area contributed by atoms with Gasteiger partial charge in [-0.3, -0.25) is 14.8 Å². The van der Waals surface area contributed by atoms with E-state index in [0.717, 1.165) is 0 Å². The monoisotopic (exact) mass is 235 g/mol. The summed E-state index contributed by atoms with van der Waals surface area (Å²) >= 11 is 5.62. The number of amides is 1. The lowest BCUT2D eigenvalue weighted by molar-refractivity contribution is 0.102. The van der Waals surface area contributed by atoms with Gasteiger partial charge in [-0.1, -0.05) is 11.6 Å². The van der Waals surface area contributed by atoms with Crippen molar-refractivity contribution in [3.8, 4) is 0 Å². The molecule has 0 radical (unpaired) electrons. The summed E-state index contributed by atoms with van der Waals surface area (Å²) in [7, 11) is 0. The Morgan fingerprint density at radius 2 is 2.06 bits per heavy atom. The molecule has 2 rings (SSSR count). The summed E-state index contributed by atoms with van der Waals surface area (Å²) in [4.78, 5) is 26.9. The lowest BCUT2D eigenvalue weighted by Gasteiger charge is -2.02. The lowest BCUT2D eigenvalue weighted by Crippen LogP contribution is -2.14. The summed E-state index contributed by atoms with van der Waals surface area (Å²) in [5.74, 6) is -0.146. The van der Waals surface area contributed by atoms with Crippen molar-refractivity contribution in [3.63, 3.8) is 0 Å².